The van der Waals surface area contributed by atoms with Gasteiger partial charge in [-0.25, -0.2) is 19.7 Å². The van der Waals surface area contributed by atoms with Crippen molar-refractivity contribution in [3.05, 3.63) is 46.6 Å². The van der Waals surface area contributed by atoms with Gasteiger partial charge in [-0.2, -0.15) is 5.26 Å². The van der Waals surface area contributed by atoms with E-state index in [2.05, 4.69) is 21.0 Å². The smallest absolute Gasteiger partial charge is 0.354 e. The number of rotatable bonds is 3. The van der Waals surface area contributed by atoms with Crippen molar-refractivity contribution in [2.24, 2.45) is 0 Å². The average Bonchev–Trinajstić information content (AvgIpc) is 2.73. The van der Waals surface area contributed by atoms with Gasteiger partial charge in [0, 0.05) is 18.7 Å². The zero-order valence-corrected chi connectivity index (χ0v) is 15.3. The summed E-state index contributed by atoms with van der Waals surface area (Å²) in [5.74, 6) is -0.738. The van der Waals surface area contributed by atoms with Crippen molar-refractivity contribution < 1.29 is 14.6 Å². The first-order valence-electron chi connectivity index (χ1n) is 8.51. The summed E-state index contributed by atoms with van der Waals surface area (Å²) < 4.78 is 5.38. The number of aromatic nitrogens is 3. The maximum atomic E-state index is 11.4. The second-order valence-corrected chi connectivity index (χ2v) is 6.56. The van der Waals surface area contributed by atoms with Gasteiger partial charge in [-0.05, 0) is 18.2 Å². The maximum Gasteiger partial charge on any atom is 0.354 e. The van der Waals surface area contributed by atoms with Crippen molar-refractivity contribution in [2.75, 3.05) is 31.2 Å². The zero-order chi connectivity index (χ0) is 19.7. The predicted octanol–water partition coefficient (Wildman–Crippen LogP) is 2.75. The highest BCUT2D eigenvalue weighted by Gasteiger charge is 2.21. The number of carboxylic acids is 1. The molecule has 0 saturated carbocycles. The second kappa shape index (κ2) is 7.38. The van der Waals surface area contributed by atoms with Crippen LogP contribution in [0.5, 0.6) is 0 Å². The standard InChI is InChI=1S/C19H14ClN5O3/c20-13-9-14(18(26)27)22-17-15(12-3-1-2-11(8-12)10-21)23-19(24-16(13)17)25-4-6-28-7-5-25/h1-3,8-9H,4-7H2,(H,26,27). The highest BCUT2D eigenvalue weighted by molar-refractivity contribution is 6.35. The first-order chi connectivity index (χ1) is 13.6. The van der Waals surface area contributed by atoms with E-state index in [1.54, 1.807) is 24.3 Å². The second-order valence-electron chi connectivity index (χ2n) is 6.16. The van der Waals surface area contributed by atoms with Gasteiger partial charge in [0.2, 0.25) is 5.95 Å². The molecule has 3 aromatic rings. The highest BCUT2D eigenvalue weighted by Crippen LogP contribution is 2.32. The van der Waals surface area contributed by atoms with Crippen molar-refractivity contribution in [3.63, 3.8) is 0 Å². The van der Waals surface area contributed by atoms with Crippen molar-refractivity contribution in [1.29, 1.82) is 5.26 Å². The largest absolute Gasteiger partial charge is 0.477 e. The zero-order valence-electron chi connectivity index (χ0n) is 14.6. The Bertz CT molecular complexity index is 1120. The minimum Gasteiger partial charge on any atom is -0.477 e. The summed E-state index contributed by atoms with van der Waals surface area (Å²) in [7, 11) is 0. The first-order valence-corrected chi connectivity index (χ1v) is 8.89. The van der Waals surface area contributed by atoms with Crippen molar-refractivity contribution in [2.45, 2.75) is 0 Å². The van der Waals surface area contributed by atoms with E-state index in [-0.39, 0.29) is 16.2 Å². The molecule has 0 unspecified atom stereocenters. The number of nitriles is 1. The van der Waals surface area contributed by atoms with E-state index in [0.717, 1.165) is 0 Å². The van der Waals surface area contributed by atoms with E-state index in [1.807, 2.05) is 4.90 Å². The number of benzene rings is 1. The molecule has 0 bridgehead atoms. The van der Waals surface area contributed by atoms with Gasteiger partial charge < -0.3 is 14.7 Å². The number of anilines is 1. The number of carboxylic acid groups (broad SMARTS) is 1. The number of nitrogens with zero attached hydrogens (tertiary/aromatic N) is 5. The van der Waals surface area contributed by atoms with E-state index in [9.17, 15) is 15.2 Å². The molecule has 1 saturated heterocycles. The van der Waals surface area contributed by atoms with Crippen LogP contribution in [0.3, 0.4) is 0 Å². The molecule has 1 aromatic carbocycles. The molecule has 1 fully saturated rings. The van der Waals surface area contributed by atoms with Crippen LogP contribution >= 0.6 is 11.6 Å². The molecule has 1 aliphatic rings. The van der Waals surface area contributed by atoms with Gasteiger partial charge in [0.15, 0.2) is 5.69 Å². The number of ether oxygens (including phenoxy) is 1. The van der Waals surface area contributed by atoms with E-state index in [1.165, 1.54) is 6.07 Å². The third-order valence-corrected chi connectivity index (χ3v) is 4.66. The van der Waals surface area contributed by atoms with Crippen LogP contribution in [0.2, 0.25) is 5.02 Å². The molecule has 140 valence electrons. The Kier molecular flexibility index (Phi) is 4.77. The molecular formula is C19H14ClN5O3. The van der Waals surface area contributed by atoms with Crippen LogP contribution in [0.25, 0.3) is 22.3 Å². The summed E-state index contributed by atoms with van der Waals surface area (Å²) in [6, 6.07) is 10.2. The fourth-order valence-corrected chi connectivity index (χ4v) is 3.24. The molecule has 1 aliphatic heterocycles. The number of aromatic carboxylic acids is 1. The molecule has 0 radical (unpaired) electrons. The summed E-state index contributed by atoms with van der Waals surface area (Å²) in [4.78, 5) is 26.8. The van der Waals surface area contributed by atoms with Crippen LogP contribution < -0.4 is 4.90 Å². The topological polar surface area (TPSA) is 112 Å². The normalized spacial score (nSPS) is 14.1. The van der Waals surface area contributed by atoms with Gasteiger partial charge in [-0.15, -0.1) is 0 Å². The van der Waals surface area contributed by atoms with Crippen LogP contribution in [0.1, 0.15) is 16.1 Å². The Morgan fingerprint density at radius 3 is 2.68 bits per heavy atom. The fraction of sp³-hybridized carbons (Fsp3) is 0.211. The van der Waals surface area contributed by atoms with Gasteiger partial charge in [0.25, 0.3) is 0 Å². The minimum atomic E-state index is -1.20. The summed E-state index contributed by atoms with van der Waals surface area (Å²) in [6.45, 7) is 2.37. The SMILES string of the molecule is N#Cc1cccc(-c2nc(N3CCOCC3)nc3c(Cl)cc(C(=O)O)nc23)c1. The van der Waals surface area contributed by atoms with Crippen LogP contribution in [0.4, 0.5) is 5.95 Å². The number of carbonyl (C=O) groups is 1. The number of halogens is 1. The molecule has 0 amide bonds. The lowest BCUT2D eigenvalue weighted by Crippen LogP contribution is -2.37. The third kappa shape index (κ3) is 3.33. The van der Waals surface area contributed by atoms with E-state index >= 15 is 0 Å². The summed E-state index contributed by atoms with van der Waals surface area (Å²) in [5, 5.41) is 18.7. The van der Waals surface area contributed by atoms with Gasteiger partial charge in [0.1, 0.15) is 16.7 Å². The molecule has 2 aromatic heterocycles. The molecule has 0 aliphatic carbocycles. The molecule has 28 heavy (non-hydrogen) atoms. The molecular weight excluding hydrogens is 382 g/mol. The van der Waals surface area contributed by atoms with Gasteiger partial charge in [-0.1, -0.05) is 23.7 Å². The highest BCUT2D eigenvalue weighted by atomic mass is 35.5. The van der Waals surface area contributed by atoms with E-state index in [0.29, 0.717) is 54.6 Å². The minimum absolute atomic E-state index is 0.178. The third-order valence-electron chi connectivity index (χ3n) is 4.37. The van der Waals surface area contributed by atoms with Crippen LogP contribution in [0, 0.1) is 11.3 Å². The van der Waals surface area contributed by atoms with Crippen LogP contribution in [-0.4, -0.2) is 52.3 Å². The van der Waals surface area contributed by atoms with E-state index in [4.69, 9.17) is 16.3 Å². The van der Waals surface area contributed by atoms with Crippen molar-refractivity contribution in [3.8, 4) is 17.3 Å². The quantitative estimate of drug-likeness (QED) is 0.720. The molecule has 0 atom stereocenters. The molecule has 4 rings (SSSR count). The maximum absolute atomic E-state index is 11.4. The molecule has 1 N–H and O–H groups in total. The molecule has 8 nitrogen and oxygen atoms in total. The summed E-state index contributed by atoms with van der Waals surface area (Å²) in [6.07, 6.45) is 0. The Balaban J connectivity index is 2.00. The van der Waals surface area contributed by atoms with Crippen LogP contribution in [0.15, 0.2) is 30.3 Å². The lowest BCUT2D eigenvalue weighted by atomic mass is 10.1. The number of fused-ring (bicyclic) bond motifs is 1. The molecule has 9 heteroatoms. The lowest BCUT2D eigenvalue weighted by Gasteiger charge is -2.27. The predicted molar refractivity (Wildman–Crippen MR) is 102 cm³/mol. The fourth-order valence-electron chi connectivity index (χ4n) is 3.01. The number of hydrogen-bond acceptors (Lipinski definition) is 7. The van der Waals surface area contributed by atoms with Gasteiger partial charge >= 0.3 is 5.97 Å². The monoisotopic (exact) mass is 395 g/mol. The van der Waals surface area contributed by atoms with Crippen molar-refractivity contribution >= 4 is 34.6 Å². The number of pyridine rings is 1. The van der Waals surface area contributed by atoms with E-state index < -0.39 is 5.97 Å². The average molecular weight is 396 g/mol. The Morgan fingerprint density at radius 2 is 1.96 bits per heavy atom. The molecule has 3 heterocycles. The molecule has 0 spiro atoms. The first kappa shape index (κ1) is 18.1. The summed E-state index contributed by atoms with van der Waals surface area (Å²) in [5.41, 5.74) is 1.95. The summed E-state index contributed by atoms with van der Waals surface area (Å²) >= 11 is 6.35. The number of hydrogen-bond donors (Lipinski definition) is 1. The Labute approximate surface area is 165 Å². The Hall–Kier alpha value is -3.28. The van der Waals surface area contributed by atoms with Gasteiger partial charge in [0.05, 0.1) is 29.9 Å². The number of morpholine rings is 1. The van der Waals surface area contributed by atoms with Crippen LogP contribution in [-0.2, 0) is 4.74 Å². The Morgan fingerprint density at radius 1 is 1.18 bits per heavy atom. The van der Waals surface area contributed by atoms with Gasteiger partial charge in [-0.3, -0.25) is 0 Å². The van der Waals surface area contributed by atoms with Crippen molar-refractivity contribution in [1.82, 2.24) is 15.0 Å². The lowest BCUT2D eigenvalue weighted by molar-refractivity contribution is 0.0691.